The lowest BCUT2D eigenvalue weighted by molar-refractivity contribution is 0.239. The van der Waals surface area contributed by atoms with Crippen LogP contribution in [0.25, 0.3) is 0 Å². The monoisotopic (exact) mass is 334 g/mol. The molecule has 0 amide bonds. The Morgan fingerprint density at radius 1 is 1.43 bits per heavy atom. The van der Waals surface area contributed by atoms with Crippen molar-refractivity contribution in [3.8, 4) is 0 Å². The number of hydrogen-bond donors (Lipinski definition) is 1. The minimum atomic E-state index is -3.92. The summed E-state index contributed by atoms with van der Waals surface area (Å²) in [5.41, 5.74) is 5.25. The lowest BCUT2D eigenvalue weighted by Gasteiger charge is -2.34. The van der Waals surface area contributed by atoms with E-state index in [1.54, 1.807) is 0 Å². The molecule has 1 heterocycles. The molecule has 0 bridgehead atoms. The lowest BCUT2D eigenvalue weighted by Crippen LogP contribution is -2.43. The first-order valence-electron chi connectivity index (χ1n) is 7.14. The van der Waals surface area contributed by atoms with Gasteiger partial charge in [0.25, 0.3) is 0 Å². The van der Waals surface area contributed by atoms with Gasteiger partial charge in [-0.05, 0) is 31.4 Å². The van der Waals surface area contributed by atoms with Crippen molar-refractivity contribution >= 4 is 27.3 Å². The fraction of sp³-hybridized carbons (Fsp3) is 0.571. The molecule has 1 aromatic rings. The molecule has 0 radical (unpaired) electrons. The Balaban J connectivity index is 2.45. The maximum atomic E-state index is 14.2. The standard InChI is InChI=1S/C14H20ClFN2O2S/c1-2-5-11-6-3-4-7-18(11)21(19,20)13-9-10(15)8-12(17)14(13)16/h8-9,11H,2-7,17H2,1H3. The average Bonchev–Trinajstić information content (AvgIpc) is 2.43. The van der Waals surface area contributed by atoms with Gasteiger partial charge >= 0.3 is 0 Å². The Morgan fingerprint density at radius 3 is 2.81 bits per heavy atom. The summed E-state index contributed by atoms with van der Waals surface area (Å²) in [5.74, 6) is -0.916. The van der Waals surface area contributed by atoms with E-state index in [-0.39, 0.29) is 16.8 Å². The fourth-order valence-electron chi connectivity index (χ4n) is 2.81. The Bertz CT molecular complexity index is 620. The third kappa shape index (κ3) is 3.33. The van der Waals surface area contributed by atoms with Gasteiger partial charge in [0, 0.05) is 17.6 Å². The van der Waals surface area contributed by atoms with Crippen LogP contribution in [0.5, 0.6) is 0 Å². The molecule has 1 aromatic carbocycles. The van der Waals surface area contributed by atoms with Gasteiger partial charge in [-0.25, -0.2) is 12.8 Å². The van der Waals surface area contributed by atoms with Gasteiger partial charge in [0.2, 0.25) is 10.0 Å². The van der Waals surface area contributed by atoms with Crippen LogP contribution in [0.15, 0.2) is 17.0 Å². The highest BCUT2D eigenvalue weighted by molar-refractivity contribution is 7.89. The zero-order valence-electron chi connectivity index (χ0n) is 12.0. The van der Waals surface area contributed by atoms with Crippen molar-refractivity contribution in [3.05, 3.63) is 23.0 Å². The van der Waals surface area contributed by atoms with Crippen molar-refractivity contribution < 1.29 is 12.8 Å². The van der Waals surface area contributed by atoms with Gasteiger partial charge in [0.15, 0.2) is 5.82 Å². The Morgan fingerprint density at radius 2 is 2.14 bits per heavy atom. The summed E-state index contributed by atoms with van der Waals surface area (Å²) < 4.78 is 41.1. The molecule has 4 nitrogen and oxygen atoms in total. The van der Waals surface area contributed by atoms with Crippen LogP contribution in [0.3, 0.4) is 0 Å². The van der Waals surface area contributed by atoms with Crippen LogP contribution in [0.1, 0.15) is 39.0 Å². The molecule has 21 heavy (non-hydrogen) atoms. The Labute approximate surface area is 130 Å². The van der Waals surface area contributed by atoms with E-state index in [1.807, 2.05) is 6.92 Å². The number of benzene rings is 1. The van der Waals surface area contributed by atoms with E-state index >= 15 is 0 Å². The maximum absolute atomic E-state index is 14.2. The molecular weight excluding hydrogens is 315 g/mol. The number of hydrogen-bond acceptors (Lipinski definition) is 3. The van der Waals surface area contributed by atoms with E-state index in [1.165, 1.54) is 10.4 Å². The van der Waals surface area contributed by atoms with Crippen LogP contribution in [0.4, 0.5) is 10.1 Å². The van der Waals surface area contributed by atoms with Crippen molar-refractivity contribution in [1.29, 1.82) is 0 Å². The molecule has 2 N–H and O–H groups in total. The molecule has 1 fully saturated rings. The molecule has 1 unspecified atom stereocenters. The zero-order valence-corrected chi connectivity index (χ0v) is 13.6. The SMILES string of the molecule is CCCC1CCCCN1S(=O)(=O)c1cc(Cl)cc(N)c1F. The molecule has 1 aliphatic heterocycles. The van der Waals surface area contributed by atoms with Gasteiger partial charge in [-0.3, -0.25) is 0 Å². The van der Waals surface area contributed by atoms with Gasteiger partial charge in [-0.2, -0.15) is 4.31 Å². The molecule has 1 saturated heterocycles. The average molecular weight is 335 g/mol. The first-order valence-corrected chi connectivity index (χ1v) is 8.96. The number of anilines is 1. The predicted octanol–water partition coefficient (Wildman–Crippen LogP) is 3.40. The van der Waals surface area contributed by atoms with Crippen molar-refractivity contribution in [2.45, 2.75) is 50.0 Å². The van der Waals surface area contributed by atoms with Crippen LogP contribution >= 0.6 is 11.6 Å². The summed E-state index contributed by atoms with van der Waals surface area (Å²) in [6.07, 6.45) is 4.26. The van der Waals surface area contributed by atoms with Crippen LogP contribution < -0.4 is 5.73 Å². The number of sulfonamides is 1. The number of piperidine rings is 1. The third-order valence-corrected chi connectivity index (χ3v) is 5.98. The molecule has 0 spiro atoms. The number of halogens is 2. The summed E-state index contributed by atoms with van der Waals surface area (Å²) in [6.45, 7) is 2.43. The molecule has 118 valence electrons. The topological polar surface area (TPSA) is 63.4 Å². The molecule has 2 rings (SSSR count). The van der Waals surface area contributed by atoms with Crippen LogP contribution in [0, 0.1) is 5.82 Å². The number of nitrogens with zero attached hydrogens (tertiary/aromatic N) is 1. The Hall–Kier alpha value is -0.850. The molecule has 0 aliphatic carbocycles. The molecule has 0 saturated carbocycles. The smallest absolute Gasteiger partial charge is 0.246 e. The highest BCUT2D eigenvalue weighted by atomic mass is 35.5. The minimum Gasteiger partial charge on any atom is -0.396 e. The number of rotatable bonds is 4. The van der Waals surface area contributed by atoms with Crippen molar-refractivity contribution in [2.24, 2.45) is 0 Å². The van der Waals surface area contributed by atoms with Gasteiger partial charge in [0.1, 0.15) is 4.90 Å². The normalized spacial score (nSPS) is 20.6. The largest absolute Gasteiger partial charge is 0.396 e. The van der Waals surface area contributed by atoms with Gasteiger partial charge < -0.3 is 5.73 Å². The van der Waals surface area contributed by atoms with E-state index in [2.05, 4.69) is 0 Å². The second-order valence-corrected chi connectivity index (χ2v) is 7.66. The number of nitrogen functional groups attached to an aromatic ring is 1. The van der Waals surface area contributed by atoms with Gasteiger partial charge in [-0.15, -0.1) is 0 Å². The van der Waals surface area contributed by atoms with E-state index in [0.717, 1.165) is 38.2 Å². The first kappa shape index (κ1) is 16.5. The predicted molar refractivity (Wildman–Crippen MR) is 82.3 cm³/mol. The van der Waals surface area contributed by atoms with Crippen molar-refractivity contribution in [1.82, 2.24) is 4.31 Å². The van der Waals surface area contributed by atoms with Crippen LogP contribution in [0.2, 0.25) is 5.02 Å². The molecule has 7 heteroatoms. The highest BCUT2D eigenvalue weighted by Crippen LogP contribution is 2.32. The second kappa shape index (κ2) is 6.50. The van der Waals surface area contributed by atoms with E-state index in [4.69, 9.17) is 17.3 Å². The maximum Gasteiger partial charge on any atom is 0.246 e. The second-order valence-electron chi connectivity index (χ2n) is 5.36. The summed E-state index contributed by atoms with van der Waals surface area (Å²) >= 11 is 5.83. The van der Waals surface area contributed by atoms with Crippen molar-refractivity contribution in [2.75, 3.05) is 12.3 Å². The molecular formula is C14H20ClFN2O2S. The molecule has 1 aliphatic rings. The quantitative estimate of drug-likeness (QED) is 0.858. The van der Waals surface area contributed by atoms with Crippen molar-refractivity contribution in [3.63, 3.8) is 0 Å². The van der Waals surface area contributed by atoms with Crippen LogP contribution in [-0.4, -0.2) is 25.3 Å². The third-order valence-electron chi connectivity index (χ3n) is 3.81. The highest BCUT2D eigenvalue weighted by Gasteiger charge is 2.35. The van der Waals surface area contributed by atoms with Crippen LogP contribution in [-0.2, 0) is 10.0 Å². The first-order chi connectivity index (χ1) is 9.87. The summed E-state index contributed by atoms with van der Waals surface area (Å²) in [6, 6.07) is 2.28. The Kier molecular flexibility index (Phi) is 5.11. The lowest BCUT2D eigenvalue weighted by atomic mass is 10.0. The molecule has 0 aromatic heterocycles. The van der Waals surface area contributed by atoms with E-state index in [0.29, 0.717) is 6.54 Å². The van der Waals surface area contributed by atoms with E-state index < -0.39 is 20.7 Å². The molecule has 1 atom stereocenters. The fourth-order valence-corrected chi connectivity index (χ4v) is 4.95. The number of nitrogens with two attached hydrogens (primary N) is 1. The summed E-state index contributed by atoms with van der Waals surface area (Å²) in [4.78, 5) is -0.421. The van der Waals surface area contributed by atoms with Gasteiger partial charge in [0.05, 0.1) is 5.69 Å². The minimum absolute atomic E-state index is 0.0756. The van der Waals surface area contributed by atoms with E-state index in [9.17, 15) is 12.8 Å². The zero-order chi connectivity index (χ0) is 15.6. The van der Waals surface area contributed by atoms with Gasteiger partial charge in [-0.1, -0.05) is 31.4 Å². The summed E-state index contributed by atoms with van der Waals surface area (Å²) in [7, 11) is -3.92. The summed E-state index contributed by atoms with van der Waals surface area (Å²) in [5, 5.41) is 0.122.